The van der Waals surface area contributed by atoms with Crippen LogP contribution in [0, 0.1) is 19.7 Å². The molecule has 1 spiro atoms. The summed E-state index contributed by atoms with van der Waals surface area (Å²) >= 11 is 2.36. The van der Waals surface area contributed by atoms with E-state index in [0.717, 1.165) is 28.0 Å². The van der Waals surface area contributed by atoms with Crippen molar-refractivity contribution in [3.05, 3.63) is 146 Å². The molecule has 47 heavy (non-hydrogen) atoms. The normalized spacial score (nSPS) is 16.8. The SMILES string of the molecule is Cc1cc2oc3c(c(=O)c2cc1C)C1(C(=O)N(Cc2ccccc2)c2ccccc21)N(c1nnc(SCc2ccccc2F)s1)C3=O. The fourth-order valence-corrected chi connectivity index (χ4v) is 8.33. The molecule has 0 aliphatic carbocycles. The Labute approximate surface area is 276 Å². The quantitative estimate of drug-likeness (QED) is 0.138. The fourth-order valence-electron chi connectivity index (χ4n) is 6.45. The molecule has 2 aliphatic heterocycles. The summed E-state index contributed by atoms with van der Waals surface area (Å²) in [7, 11) is 0. The van der Waals surface area contributed by atoms with E-state index in [-0.39, 0.29) is 45.5 Å². The van der Waals surface area contributed by atoms with Crippen molar-refractivity contribution in [2.45, 2.75) is 36.0 Å². The highest BCUT2D eigenvalue weighted by molar-refractivity contribution is 8.00. The summed E-state index contributed by atoms with van der Waals surface area (Å²) < 4.78 is 21.1. The third kappa shape index (κ3) is 4.37. The minimum Gasteiger partial charge on any atom is -0.450 e. The van der Waals surface area contributed by atoms with Crippen molar-refractivity contribution >= 4 is 56.7 Å². The zero-order valence-electron chi connectivity index (χ0n) is 25.2. The van der Waals surface area contributed by atoms with Gasteiger partial charge in [0, 0.05) is 11.3 Å². The van der Waals surface area contributed by atoms with Crippen LogP contribution in [0.5, 0.6) is 0 Å². The number of anilines is 2. The lowest BCUT2D eigenvalue weighted by molar-refractivity contribution is -0.121. The number of fused-ring (bicyclic) bond motifs is 5. The van der Waals surface area contributed by atoms with E-state index < -0.39 is 22.8 Å². The molecule has 1 atom stereocenters. The van der Waals surface area contributed by atoms with Crippen LogP contribution in [0.1, 0.15) is 43.9 Å². The van der Waals surface area contributed by atoms with E-state index in [1.54, 1.807) is 47.4 Å². The van der Waals surface area contributed by atoms with Crippen molar-refractivity contribution < 1.29 is 18.4 Å². The number of halogens is 1. The van der Waals surface area contributed by atoms with Crippen LogP contribution in [0.2, 0.25) is 0 Å². The van der Waals surface area contributed by atoms with E-state index in [1.807, 2.05) is 56.3 Å². The average Bonchev–Trinajstić information content (AvgIpc) is 3.71. The first-order valence-electron chi connectivity index (χ1n) is 14.9. The van der Waals surface area contributed by atoms with E-state index in [0.29, 0.717) is 21.2 Å². The molecule has 2 aromatic heterocycles. The number of hydrogen-bond donors (Lipinski definition) is 0. The highest BCUT2D eigenvalue weighted by Gasteiger charge is 2.66. The van der Waals surface area contributed by atoms with Crippen molar-refractivity contribution in [3.63, 3.8) is 0 Å². The molecular formula is C36H25FN4O4S2. The monoisotopic (exact) mass is 660 g/mol. The van der Waals surface area contributed by atoms with Crippen molar-refractivity contribution in [2.24, 2.45) is 0 Å². The summed E-state index contributed by atoms with van der Waals surface area (Å²) in [6.07, 6.45) is 0. The Hall–Kier alpha value is -5.13. The summed E-state index contributed by atoms with van der Waals surface area (Å²) in [5.41, 5.74) is 2.08. The second-order valence-electron chi connectivity index (χ2n) is 11.5. The van der Waals surface area contributed by atoms with Gasteiger partial charge in [-0.2, -0.15) is 0 Å². The molecular weight excluding hydrogens is 636 g/mol. The van der Waals surface area contributed by atoms with Crippen LogP contribution in [0.4, 0.5) is 15.2 Å². The number of carbonyl (C=O) groups excluding carboxylic acids is 2. The lowest BCUT2D eigenvalue weighted by Gasteiger charge is -2.32. The molecule has 0 saturated heterocycles. The van der Waals surface area contributed by atoms with Crippen LogP contribution < -0.4 is 15.2 Å². The van der Waals surface area contributed by atoms with Crippen LogP contribution in [-0.4, -0.2) is 22.0 Å². The summed E-state index contributed by atoms with van der Waals surface area (Å²) in [4.78, 5) is 47.2. The van der Waals surface area contributed by atoms with Gasteiger partial charge in [0.25, 0.3) is 11.8 Å². The second-order valence-corrected chi connectivity index (χ2v) is 13.7. The number of aromatic nitrogens is 2. The predicted octanol–water partition coefficient (Wildman–Crippen LogP) is 7.14. The summed E-state index contributed by atoms with van der Waals surface area (Å²) in [5.74, 6) is -1.38. The maximum Gasteiger partial charge on any atom is 0.297 e. The van der Waals surface area contributed by atoms with Gasteiger partial charge in [0.2, 0.25) is 10.9 Å². The summed E-state index contributed by atoms with van der Waals surface area (Å²) in [6, 6.07) is 26.7. The Bertz CT molecular complexity index is 2320. The number of thioether (sulfide) groups is 1. The van der Waals surface area contributed by atoms with Gasteiger partial charge in [0.05, 0.1) is 23.2 Å². The zero-order chi connectivity index (χ0) is 32.4. The Morgan fingerprint density at radius 3 is 2.43 bits per heavy atom. The van der Waals surface area contributed by atoms with Crippen molar-refractivity contribution in [2.75, 3.05) is 9.80 Å². The third-order valence-corrected chi connectivity index (χ3v) is 10.9. The van der Waals surface area contributed by atoms with E-state index in [1.165, 1.54) is 22.7 Å². The van der Waals surface area contributed by atoms with E-state index >= 15 is 4.79 Å². The fraction of sp³-hybridized carbons (Fsp3) is 0.139. The Morgan fingerprint density at radius 2 is 1.62 bits per heavy atom. The van der Waals surface area contributed by atoms with Gasteiger partial charge in [0.15, 0.2) is 15.3 Å². The first kappa shape index (κ1) is 29.3. The van der Waals surface area contributed by atoms with Gasteiger partial charge in [-0.3, -0.25) is 19.3 Å². The first-order chi connectivity index (χ1) is 22.8. The van der Waals surface area contributed by atoms with Gasteiger partial charge in [0.1, 0.15) is 11.4 Å². The lowest BCUT2D eigenvalue weighted by Crippen LogP contribution is -2.53. The minimum atomic E-state index is -1.89. The van der Waals surface area contributed by atoms with Gasteiger partial charge in [-0.15, -0.1) is 10.2 Å². The third-order valence-electron chi connectivity index (χ3n) is 8.82. The molecule has 2 aliphatic rings. The molecule has 11 heteroatoms. The van der Waals surface area contributed by atoms with Crippen LogP contribution in [0.25, 0.3) is 11.0 Å². The van der Waals surface area contributed by atoms with Crippen LogP contribution >= 0.6 is 23.1 Å². The Kier molecular flexibility index (Phi) is 6.85. The topological polar surface area (TPSA) is 96.6 Å². The van der Waals surface area contributed by atoms with Crippen molar-refractivity contribution in [1.82, 2.24) is 10.2 Å². The highest BCUT2D eigenvalue weighted by Crippen LogP contribution is 2.55. The molecule has 4 aromatic carbocycles. The largest absolute Gasteiger partial charge is 0.450 e. The number of amides is 2. The molecule has 0 saturated carbocycles. The molecule has 232 valence electrons. The second kappa shape index (κ2) is 11.0. The lowest BCUT2D eigenvalue weighted by atomic mass is 9.84. The number of nitrogens with zero attached hydrogens (tertiary/aromatic N) is 4. The Balaban J connectivity index is 1.34. The average molecular weight is 661 g/mol. The highest BCUT2D eigenvalue weighted by atomic mass is 32.2. The molecule has 6 aromatic rings. The number of aryl methyl sites for hydroxylation is 2. The molecule has 0 N–H and O–H groups in total. The summed E-state index contributed by atoms with van der Waals surface area (Å²) in [5, 5.41) is 9.09. The predicted molar refractivity (Wildman–Crippen MR) is 179 cm³/mol. The van der Waals surface area contributed by atoms with E-state index in [4.69, 9.17) is 4.42 Å². The molecule has 4 heterocycles. The van der Waals surface area contributed by atoms with Gasteiger partial charge < -0.3 is 9.32 Å². The van der Waals surface area contributed by atoms with Crippen molar-refractivity contribution in [1.29, 1.82) is 0 Å². The van der Waals surface area contributed by atoms with Crippen LogP contribution in [0.15, 0.2) is 105 Å². The number of para-hydroxylation sites is 1. The Morgan fingerprint density at radius 1 is 0.894 bits per heavy atom. The van der Waals surface area contributed by atoms with E-state index in [2.05, 4.69) is 10.2 Å². The number of hydrogen-bond acceptors (Lipinski definition) is 8. The number of rotatable bonds is 6. The maximum absolute atomic E-state index is 15.1. The smallest absolute Gasteiger partial charge is 0.297 e. The molecule has 0 radical (unpaired) electrons. The summed E-state index contributed by atoms with van der Waals surface area (Å²) in [6.45, 7) is 4.01. The van der Waals surface area contributed by atoms with Gasteiger partial charge in [-0.05, 0) is 60.4 Å². The van der Waals surface area contributed by atoms with Gasteiger partial charge in [-0.25, -0.2) is 4.39 Å². The number of carbonyl (C=O) groups is 2. The minimum absolute atomic E-state index is 0.0398. The van der Waals surface area contributed by atoms with E-state index in [9.17, 15) is 14.0 Å². The molecule has 1 unspecified atom stereocenters. The van der Waals surface area contributed by atoms with Crippen LogP contribution in [-0.2, 0) is 22.6 Å². The standard InChI is InChI=1S/C36H25FN4O4S2/c1-20-16-24-28(17-21(20)2)45-31-29(30(24)42)36(25-13-7-9-15-27(25)40(33(36)44)18-22-10-4-3-5-11-22)41(32(31)43)34-38-39-35(47-34)46-19-23-12-6-8-14-26(23)37/h3-17H,18-19H2,1-2H3. The molecule has 8 rings (SSSR count). The first-order valence-corrected chi connectivity index (χ1v) is 16.7. The molecule has 0 bridgehead atoms. The van der Waals surface area contributed by atoms with Crippen molar-refractivity contribution in [3.8, 4) is 0 Å². The van der Waals surface area contributed by atoms with Gasteiger partial charge in [-0.1, -0.05) is 89.8 Å². The van der Waals surface area contributed by atoms with Crippen LogP contribution in [0.3, 0.4) is 0 Å². The molecule has 0 fully saturated rings. The zero-order valence-corrected chi connectivity index (χ0v) is 26.8. The number of benzene rings is 4. The molecule has 8 nitrogen and oxygen atoms in total. The molecule has 2 amide bonds. The van der Waals surface area contributed by atoms with Gasteiger partial charge >= 0.3 is 0 Å². The maximum atomic E-state index is 15.1.